The van der Waals surface area contributed by atoms with Crippen molar-refractivity contribution in [3.05, 3.63) is 70.4 Å². The predicted octanol–water partition coefficient (Wildman–Crippen LogP) is 4.77. The minimum Gasteiger partial charge on any atom is -0.323 e. The van der Waals surface area contributed by atoms with Gasteiger partial charge in [-0.1, -0.05) is 30.3 Å². The molecule has 2 aromatic carbocycles. The second kappa shape index (κ2) is 4.93. The molecule has 1 aliphatic carbocycles. The number of benzene rings is 2. The zero-order valence-corrected chi connectivity index (χ0v) is 12.4. The molecule has 1 nitrogen and oxygen atoms in total. The molecule has 1 heterocycles. The number of fused-ring (bicyclic) bond motifs is 2. The van der Waals surface area contributed by atoms with Gasteiger partial charge in [0.2, 0.25) is 0 Å². The van der Waals surface area contributed by atoms with E-state index in [0.29, 0.717) is 5.92 Å². The Hall–Kier alpha value is -1.71. The largest absolute Gasteiger partial charge is 0.323 e. The molecule has 0 fully saturated rings. The molecular weight excluding hydrogens is 281 g/mol. The van der Waals surface area contributed by atoms with E-state index in [4.69, 9.17) is 5.73 Å². The molecule has 106 valence electrons. The first-order valence-electron chi connectivity index (χ1n) is 7.23. The van der Waals surface area contributed by atoms with Crippen molar-refractivity contribution < 1.29 is 4.39 Å². The van der Waals surface area contributed by atoms with E-state index < -0.39 is 0 Å². The number of thiophene rings is 1. The average molecular weight is 297 g/mol. The average Bonchev–Trinajstić information content (AvgIpc) is 2.87. The molecule has 0 bridgehead atoms. The Morgan fingerprint density at radius 2 is 2.05 bits per heavy atom. The maximum absolute atomic E-state index is 13.3. The Balaban J connectivity index is 1.56. The minimum absolute atomic E-state index is 0.0313. The van der Waals surface area contributed by atoms with Gasteiger partial charge in [0.1, 0.15) is 5.82 Å². The van der Waals surface area contributed by atoms with Gasteiger partial charge >= 0.3 is 0 Å². The third-order valence-electron chi connectivity index (χ3n) is 4.37. The molecule has 3 heteroatoms. The SMILES string of the molecule is NC(CC1Cc2ccccc21)c1cc2ccc(F)cc2s1. The van der Waals surface area contributed by atoms with Crippen LogP contribution in [-0.2, 0) is 6.42 Å². The summed E-state index contributed by atoms with van der Waals surface area (Å²) in [6, 6.07) is 15.7. The Morgan fingerprint density at radius 3 is 2.90 bits per heavy atom. The topological polar surface area (TPSA) is 26.0 Å². The summed E-state index contributed by atoms with van der Waals surface area (Å²) in [4.78, 5) is 1.15. The molecule has 0 radical (unpaired) electrons. The highest BCUT2D eigenvalue weighted by atomic mass is 32.1. The van der Waals surface area contributed by atoms with Gasteiger partial charge in [-0.2, -0.15) is 0 Å². The van der Waals surface area contributed by atoms with Crippen molar-refractivity contribution in [2.45, 2.75) is 24.8 Å². The van der Waals surface area contributed by atoms with Crippen LogP contribution in [0.3, 0.4) is 0 Å². The number of hydrogen-bond acceptors (Lipinski definition) is 2. The summed E-state index contributed by atoms with van der Waals surface area (Å²) in [6.45, 7) is 0. The molecule has 2 atom stereocenters. The van der Waals surface area contributed by atoms with Crippen LogP contribution in [0.1, 0.15) is 34.4 Å². The van der Waals surface area contributed by atoms with E-state index in [1.54, 1.807) is 17.4 Å². The van der Waals surface area contributed by atoms with Crippen LogP contribution in [0.4, 0.5) is 4.39 Å². The lowest BCUT2D eigenvalue weighted by Gasteiger charge is -2.31. The Kier molecular flexibility index (Phi) is 3.05. The summed E-state index contributed by atoms with van der Waals surface area (Å²) in [7, 11) is 0. The molecule has 0 spiro atoms. The van der Waals surface area contributed by atoms with Gasteiger partial charge in [-0.15, -0.1) is 11.3 Å². The molecule has 0 amide bonds. The number of hydrogen-bond donors (Lipinski definition) is 1. The van der Waals surface area contributed by atoms with Crippen LogP contribution in [0.15, 0.2) is 48.5 Å². The van der Waals surface area contributed by atoms with Gasteiger partial charge in [0, 0.05) is 15.6 Å². The molecule has 2 unspecified atom stereocenters. The Bertz CT molecular complexity index is 808. The van der Waals surface area contributed by atoms with E-state index in [1.807, 2.05) is 6.07 Å². The van der Waals surface area contributed by atoms with Crippen molar-refractivity contribution in [1.82, 2.24) is 0 Å². The summed E-state index contributed by atoms with van der Waals surface area (Å²) in [5.74, 6) is 0.385. The first kappa shape index (κ1) is 13.0. The lowest BCUT2D eigenvalue weighted by atomic mass is 9.74. The molecule has 0 saturated carbocycles. The van der Waals surface area contributed by atoms with E-state index in [0.717, 1.165) is 27.8 Å². The smallest absolute Gasteiger partial charge is 0.124 e. The van der Waals surface area contributed by atoms with Crippen LogP contribution in [0.25, 0.3) is 10.1 Å². The zero-order chi connectivity index (χ0) is 14.4. The standard InChI is InChI=1S/C18H16FNS/c19-14-6-5-12-9-18(21-17(12)10-14)16(20)8-13-7-11-3-1-2-4-15(11)13/h1-6,9-10,13,16H,7-8,20H2. The van der Waals surface area contributed by atoms with Crippen LogP contribution in [-0.4, -0.2) is 0 Å². The molecule has 3 aromatic rings. The van der Waals surface area contributed by atoms with Gasteiger partial charge in [0.15, 0.2) is 0 Å². The molecule has 4 rings (SSSR count). The van der Waals surface area contributed by atoms with Crippen molar-refractivity contribution in [2.75, 3.05) is 0 Å². The zero-order valence-electron chi connectivity index (χ0n) is 11.6. The fourth-order valence-electron chi connectivity index (χ4n) is 3.20. The number of nitrogens with two attached hydrogens (primary N) is 1. The first-order valence-corrected chi connectivity index (χ1v) is 8.05. The van der Waals surface area contributed by atoms with Crippen molar-refractivity contribution >= 4 is 21.4 Å². The summed E-state index contributed by atoms with van der Waals surface area (Å²) in [5, 5.41) is 1.08. The van der Waals surface area contributed by atoms with Crippen LogP contribution >= 0.6 is 11.3 Å². The second-order valence-electron chi connectivity index (χ2n) is 5.77. The monoisotopic (exact) mass is 297 g/mol. The molecule has 21 heavy (non-hydrogen) atoms. The lowest BCUT2D eigenvalue weighted by Crippen LogP contribution is -2.22. The van der Waals surface area contributed by atoms with E-state index in [9.17, 15) is 4.39 Å². The van der Waals surface area contributed by atoms with Gasteiger partial charge in [0.05, 0.1) is 0 Å². The summed E-state index contributed by atoms with van der Waals surface area (Å²) < 4.78 is 14.2. The third-order valence-corrected chi connectivity index (χ3v) is 5.60. The highest BCUT2D eigenvalue weighted by molar-refractivity contribution is 7.19. The molecule has 2 N–H and O–H groups in total. The minimum atomic E-state index is -0.183. The normalized spacial score (nSPS) is 18.3. The number of halogens is 1. The fourth-order valence-corrected chi connectivity index (χ4v) is 4.31. The van der Waals surface area contributed by atoms with Crippen LogP contribution in [0, 0.1) is 5.82 Å². The Morgan fingerprint density at radius 1 is 1.19 bits per heavy atom. The number of rotatable bonds is 3. The highest BCUT2D eigenvalue weighted by Gasteiger charge is 2.27. The molecular formula is C18H16FNS. The van der Waals surface area contributed by atoms with E-state index >= 15 is 0 Å². The summed E-state index contributed by atoms with van der Waals surface area (Å²) >= 11 is 1.61. The van der Waals surface area contributed by atoms with Gasteiger partial charge in [-0.25, -0.2) is 4.39 Å². The third kappa shape index (κ3) is 2.27. The molecule has 0 aliphatic heterocycles. The van der Waals surface area contributed by atoms with Crippen LogP contribution < -0.4 is 5.73 Å². The van der Waals surface area contributed by atoms with Crippen molar-refractivity contribution in [2.24, 2.45) is 5.73 Å². The maximum Gasteiger partial charge on any atom is 0.124 e. The molecule has 1 aliphatic rings. The summed E-state index contributed by atoms with van der Waals surface area (Å²) in [6.07, 6.45) is 2.09. The van der Waals surface area contributed by atoms with E-state index in [-0.39, 0.29) is 11.9 Å². The van der Waals surface area contributed by atoms with E-state index in [2.05, 4.69) is 30.3 Å². The van der Waals surface area contributed by atoms with Crippen molar-refractivity contribution in [3.8, 4) is 0 Å². The second-order valence-corrected chi connectivity index (χ2v) is 6.89. The molecule has 1 aromatic heterocycles. The fraction of sp³-hybridized carbons (Fsp3) is 0.222. The summed E-state index contributed by atoms with van der Waals surface area (Å²) in [5.41, 5.74) is 9.28. The Labute approximate surface area is 127 Å². The van der Waals surface area contributed by atoms with Crippen LogP contribution in [0.2, 0.25) is 0 Å². The van der Waals surface area contributed by atoms with Crippen molar-refractivity contribution in [1.29, 1.82) is 0 Å². The quantitative estimate of drug-likeness (QED) is 0.740. The van der Waals surface area contributed by atoms with Gasteiger partial charge in [-0.05, 0) is 53.5 Å². The lowest BCUT2D eigenvalue weighted by molar-refractivity contribution is 0.502. The predicted molar refractivity (Wildman–Crippen MR) is 86.2 cm³/mol. The van der Waals surface area contributed by atoms with Gasteiger partial charge in [-0.3, -0.25) is 0 Å². The van der Waals surface area contributed by atoms with Crippen LogP contribution in [0.5, 0.6) is 0 Å². The first-order chi connectivity index (χ1) is 10.2. The van der Waals surface area contributed by atoms with Crippen molar-refractivity contribution in [3.63, 3.8) is 0 Å². The van der Waals surface area contributed by atoms with Gasteiger partial charge in [0.25, 0.3) is 0 Å². The molecule has 0 saturated heterocycles. The van der Waals surface area contributed by atoms with E-state index in [1.165, 1.54) is 17.2 Å². The van der Waals surface area contributed by atoms with Gasteiger partial charge < -0.3 is 5.73 Å². The highest BCUT2D eigenvalue weighted by Crippen LogP contribution is 2.41. The maximum atomic E-state index is 13.3.